The van der Waals surface area contributed by atoms with Crippen LogP contribution >= 0.6 is 0 Å². The Bertz CT molecular complexity index is 891. The highest BCUT2D eigenvalue weighted by atomic mass is 16.6. The topological polar surface area (TPSA) is 114 Å². The van der Waals surface area contributed by atoms with Crippen LogP contribution in [-0.2, 0) is 4.79 Å². The monoisotopic (exact) mass is 382 g/mol. The van der Waals surface area contributed by atoms with E-state index in [1.165, 1.54) is 30.5 Å². The normalized spacial score (nSPS) is 12.0. The summed E-state index contributed by atoms with van der Waals surface area (Å²) in [5.41, 5.74) is 4.39. The number of nitrogens with one attached hydrogen (secondary N) is 2. The number of non-ortho nitro benzene ring substituents is 1. The molecule has 0 heterocycles. The summed E-state index contributed by atoms with van der Waals surface area (Å²) in [5, 5.41) is 17.2. The van der Waals surface area contributed by atoms with Gasteiger partial charge in [0.1, 0.15) is 6.04 Å². The van der Waals surface area contributed by atoms with E-state index in [2.05, 4.69) is 15.8 Å². The van der Waals surface area contributed by atoms with Crippen LogP contribution in [0.4, 0.5) is 5.69 Å². The molecule has 8 heteroatoms. The standard InChI is InChI=1S/C20H22N4O4/c1-13(2)18(22-19(25)16-6-4-5-14(3)11-16)20(26)23-21-12-15-7-9-17(10-8-15)24(27)28/h4-13,18H,1-3H3,(H,22,25)(H,23,26)/b21-12-/t18-/m0/s1. The second kappa shape index (κ2) is 9.40. The smallest absolute Gasteiger partial charge is 0.269 e. The lowest BCUT2D eigenvalue weighted by atomic mass is 10.0. The fraction of sp³-hybridized carbons (Fsp3) is 0.250. The summed E-state index contributed by atoms with van der Waals surface area (Å²) in [5.74, 6) is -0.936. The van der Waals surface area contributed by atoms with Crippen LogP contribution in [0.15, 0.2) is 53.6 Å². The maximum atomic E-state index is 12.4. The average molecular weight is 382 g/mol. The van der Waals surface area contributed by atoms with Crippen molar-refractivity contribution in [2.75, 3.05) is 0 Å². The van der Waals surface area contributed by atoms with Gasteiger partial charge in [-0.1, -0.05) is 31.5 Å². The van der Waals surface area contributed by atoms with Crippen molar-refractivity contribution in [2.24, 2.45) is 11.0 Å². The number of nitrogens with zero attached hydrogens (tertiary/aromatic N) is 2. The first kappa shape index (κ1) is 20.8. The van der Waals surface area contributed by atoms with Crippen LogP contribution in [0.5, 0.6) is 0 Å². The first-order valence-corrected chi connectivity index (χ1v) is 8.73. The molecule has 0 bridgehead atoms. The Morgan fingerprint density at radius 2 is 1.82 bits per heavy atom. The van der Waals surface area contributed by atoms with Gasteiger partial charge in [0.25, 0.3) is 17.5 Å². The number of nitro groups is 1. The zero-order valence-corrected chi connectivity index (χ0v) is 15.9. The van der Waals surface area contributed by atoms with Crippen molar-refractivity contribution in [1.29, 1.82) is 0 Å². The number of rotatable bonds is 7. The molecule has 8 nitrogen and oxygen atoms in total. The second-order valence-electron chi connectivity index (χ2n) is 6.65. The zero-order chi connectivity index (χ0) is 20.7. The summed E-state index contributed by atoms with van der Waals surface area (Å²) in [4.78, 5) is 35.0. The Labute approximate surface area is 162 Å². The van der Waals surface area contributed by atoms with E-state index in [9.17, 15) is 19.7 Å². The van der Waals surface area contributed by atoms with Crippen LogP contribution in [-0.4, -0.2) is 29.0 Å². The fourth-order valence-corrected chi connectivity index (χ4v) is 2.47. The van der Waals surface area contributed by atoms with Gasteiger partial charge in [0, 0.05) is 17.7 Å². The van der Waals surface area contributed by atoms with Crippen LogP contribution in [0, 0.1) is 23.0 Å². The van der Waals surface area contributed by atoms with Crippen molar-refractivity contribution in [3.05, 3.63) is 75.3 Å². The van der Waals surface area contributed by atoms with E-state index in [0.29, 0.717) is 11.1 Å². The second-order valence-corrected chi connectivity index (χ2v) is 6.65. The molecule has 146 valence electrons. The van der Waals surface area contributed by atoms with Gasteiger partial charge in [-0.25, -0.2) is 5.43 Å². The van der Waals surface area contributed by atoms with Gasteiger partial charge < -0.3 is 5.32 Å². The van der Waals surface area contributed by atoms with E-state index in [-0.39, 0.29) is 17.5 Å². The third-order valence-electron chi connectivity index (χ3n) is 4.01. The van der Waals surface area contributed by atoms with Crippen molar-refractivity contribution in [3.63, 3.8) is 0 Å². The Morgan fingerprint density at radius 1 is 1.14 bits per heavy atom. The van der Waals surface area contributed by atoms with Crippen LogP contribution in [0.2, 0.25) is 0 Å². The highest BCUT2D eigenvalue weighted by molar-refractivity contribution is 5.97. The number of carbonyl (C=O) groups excluding carboxylic acids is 2. The van der Waals surface area contributed by atoms with Gasteiger partial charge >= 0.3 is 0 Å². The number of hydrazone groups is 1. The van der Waals surface area contributed by atoms with Crippen molar-refractivity contribution >= 4 is 23.7 Å². The van der Waals surface area contributed by atoms with Crippen LogP contribution < -0.4 is 10.7 Å². The molecule has 2 aromatic carbocycles. The van der Waals surface area contributed by atoms with E-state index < -0.39 is 16.9 Å². The lowest BCUT2D eigenvalue weighted by Gasteiger charge is -2.20. The molecule has 0 aromatic heterocycles. The summed E-state index contributed by atoms with van der Waals surface area (Å²) in [6.45, 7) is 5.53. The summed E-state index contributed by atoms with van der Waals surface area (Å²) < 4.78 is 0. The minimum Gasteiger partial charge on any atom is -0.340 e. The molecule has 0 radical (unpaired) electrons. The Hall–Kier alpha value is -3.55. The lowest BCUT2D eigenvalue weighted by Crippen LogP contribution is -2.48. The number of amides is 2. The van der Waals surface area contributed by atoms with Crippen molar-refractivity contribution in [3.8, 4) is 0 Å². The van der Waals surface area contributed by atoms with Crippen molar-refractivity contribution in [2.45, 2.75) is 26.8 Å². The minimum atomic E-state index is -0.762. The SMILES string of the molecule is Cc1cccc(C(=O)N[C@H](C(=O)N/N=C\c2ccc([N+](=O)[O-])cc2)C(C)C)c1. The van der Waals surface area contributed by atoms with Crippen LogP contribution in [0.3, 0.4) is 0 Å². The van der Waals surface area contributed by atoms with Gasteiger partial charge in [-0.05, 0) is 42.7 Å². The van der Waals surface area contributed by atoms with E-state index in [1.807, 2.05) is 26.8 Å². The number of aryl methyl sites for hydroxylation is 1. The molecule has 2 rings (SSSR count). The highest BCUT2D eigenvalue weighted by Gasteiger charge is 2.24. The molecular formula is C20H22N4O4. The number of hydrogen-bond acceptors (Lipinski definition) is 5. The number of nitro benzene ring substituents is 1. The van der Waals surface area contributed by atoms with Gasteiger partial charge in [-0.15, -0.1) is 0 Å². The first-order chi connectivity index (χ1) is 13.3. The third kappa shape index (κ3) is 5.73. The molecule has 2 aromatic rings. The lowest BCUT2D eigenvalue weighted by molar-refractivity contribution is -0.384. The molecule has 2 amide bonds. The first-order valence-electron chi connectivity index (χ1n) is 8.73. The van der Waals surface area contributed by atoms with Crippen LogP contribution in [0.1, 0.15) is 35.3 Å². The highest BCUT2D eigenvalue weighted by Crippen LogP contribution is 2.11. The Kier molecular flexibility index (Phi) is 6.97. The Morgan fingerprint density at radius 3 is 2.39 bits per heavy atom. The van der Waals surface area contributed by atoms with Gasteiger partial charge in [-0.3, -0.25) is 19.7 Å². The fourth-order valence-electron chi connectivity index (χ4n) is 2.47. The molecule has 2 N–H and O–H groups in total. The van der Waals surface area contributed by atoms with E-state index >= 15 is 0 Å². The summed E-state index contributed by atoms with van der Waals surface area (Å²) in [7, 11) is 0. The molecule has 0 unspecified atom stereocenters. The van der Waals surface area contributed by atoms with Gasteiger partial charge in [0.2, 0.25) is 0 Å². The Balaban J connectivity index is 2.00. The maximum Gasteiger partial charge on any atom is 0.269 e. The number of benzene rings is 2. The molecule has 0 saturated carbocycles. The summed E-state index contributed by atoms with van der Waals surface area (Å²) in [6.07, 6.45) is 1.38. The van der Waals surface area contributed by atoms with Crippen molar-refractivity contribution < 1.29 is 14.5 Å². The molecule has 0 aliphatic carbocycles. The molecule has 28 heavy (non-hydrogen) atoms. The predicted molar refractivity (Wildman–Crippen MR) is 106 cm³/mol. The molecule has 0 saturated heterocycles. The molecular weight excluding hydrogens is 360 g/mol. The van der Waals surface area contributed by atoms with E-state index in [4.69, 9.17) is 0 Å². The predicted octanol–water partition coefficient (Wildman–Crippen LogP) is 2.81. The quantitative estimate of drug-likeness (QED) is 0.435. The van der Waals surface area contributed by atoms with Gasteiger partial charge in [0.15, 0.2) is 0 Å². The molecule has 1 atom stereocenters. The largest absolute Gasteiger partial charge is 0.340 e. The van der Waals surface area contributed by atoms with Crippen LogP contribution in [0.25, 0.3) is 0 Å². The molecule has 0 fully saturated rings. The molecule has 0 aliphatic rings. The summed E-state index contributed by atoms with van der Waals surface area (Å²) >= 11 is 0. The van der Waals surface area contributed by atoms with E-state index in [1.54, 1.807) is 18.2 Å². The number of hydrogen-bond donors (Lipinski definition) is 2. The summed E-state index contributed by atoms with van der Waals surface area (Å²) in [6, 6.07) is 12.1. The van der Waals surface area contributed by atoms with Gasteiger partial charge in [-0.2, -0.15) is 5.10 Å². The minimum absolute atomic E-state index is 0.0279. The van der Waals surface area contributed by atoms with Gasteiger partial charge in [0.05, 0.1) is 11.1 Å². The average Bonchev–Trinajstić information content (AvgIpc) is 2.65. The maximum absolute atomic E-state index is 12.4. The van der Waals surface area contributed by atoms with E-state index in [0.717, 1.165) is 5.56 Å². The zero-order valence-electron chi connectivity index (χ0n) is 15.9. The third-order valence-corrected chi connectivity index (χ3v) is 4.01. The number of carbonyl (C=O) groups is 2. The van der Waals surface area contributed by atoms with Crippen molar-refractivity contribution in [1.82, 2.24) is 10.7 Å². The molecule has 0 spiro atoms. The molecule has 0 aliphatic heterocycles.